The number of halogens is 3. The van der Waals surface area contributed by atoms with E-state index in [-0.39, 0.29) is 17.4 Å². The molecule has 0 radical (unpaired) electrons. The molecule has 8 heteroatoms. The Balaban J connectivity index is 0.000000186. The first-order chi connectivity index (χ1) is 13.4. The fourth-order valence-corrected chi connectivity index (χ4v) is 2.57. The second-order valence-corrected chi connectivity index (χ2v) is 7.12. The highest BCUT2D eigenvalue weighted by molar-refractivity contribution is 9.10. The van der Waals surface area contributed by atoms with E-state index >= 15 is 0 Å². The summed E-state index contributed by atoms with van der Waals surface area (Å²) in [6, 6.07) is 8.20. The fraction of sp³-hybridized carbons (Fsp3) is 0.400. The van der Waals surface area contributed by atoms with Crippen molar-refractivity contribution in [1.29, 1.82) is 0 Å². The maximum absolute atomic E-state index is 12.8. The summed E-state index contributed by atoms with van der Waals surface area (Å²) in [6.07, 6.45) is 4.68. The van der Waals surface area contributed by atoms with Crippen LogP contribution in [0.5, 0.6) is 11.5 Å². The topological polar surface area (TPSA) is 58.9 Å². The third-order valence-corrected chi connectivity index (χ3v) is 4.40. The smallest absolute Gasteiger partial charge is 0.491 e. The third kappa shape index (κ3) is 7.41. The van der Waals surface area contributed by atoms with Gasteiger partial charge in [0.1, 0.15) is 23.1 Å². The Morgan fingerprint density at radius 2 is 1.32 bits per heavy atom. The summed E-state index contributed by atoms with van der Waals surface area (Å²) < 4.78 is 37.0. The zero-order chi connectivity index (χ0) is 20.7. The maximum atomic E-state index is 12.8. The molecule has 0 atom stereocenters. The standard InChI is InChI=1S/C9H10BFO3.C9H8BrFO.C2H6/c11-6-1-4-9(14-7-2-3-7)8(5-6)10(12)13;10-8-5-6(11)1-4-9(8)12-7-2-3-7;1-2/h1,4-5,7,12-13H,2-3H2;1,4-5,7H,2-3H2;1-2H3. The van der Waals surface area contributed by atoms with Gasteiger partial charge in [-0.15, -0.1) is 0 Å². The molecule has 4 nitrogen and oxygen atoms in total. The Hall–Kier alpha value is -1.64. The van der Waals surface area contributed by atoms with Crippen LogP contribution >= 0.6 is 15.9 Å². The molecule has 0 amide bonds. The highest BCUT2D eigenvalue weighted by atomic mass is 79.9. The monoisotopic (exact) mass is 456 g/mol. The molecule has 2 aliphatic carbocycles. The number of rotatable bonds is 5. The van der Waals surface area contributed by atoms with Gasteiger partial charge in [-0.25, -0.2) is 8.78 Å². The van der Waals surface area contributed by atoms with Crippen LogP contribution in [0.1, 0.15) is 39.5 Å². The van der Waals surface area contributed by atoms with Gasteiger partial charge in [0.25, 0.3) is 0 Å². The Bertz CT molecular complexity index is 768. The van der Waals surface area contributed by atoms with Crippen molar-refractivity contribution in [2.75, 3.05) is 0 Å². The number of hydrogen-bond acceptors (Lipinski definition) is 4. The molecule has 0 aliphatic heterocycles. The molecule has 28 heavy (non-hydrogen) atoms. The second kappa shape index (κ2) is 10.8. The zero-order valence-electron chi connectivity index (χ0n) is 15.9. The molecule has 2 aromatic carbocycles. The minimum atomic E-state index is -1.69. The highest BCUT2D eigenvalue weighted by Gasteiger charge is 2.27. The van der Waals surface area contributed by atoms with Gasteiger partial charge in [0.2, 0.25) is 0 Å². The van der Waals surface area contributed by atoms with E-state index in [1.165, 1.54) is 24.3 Å². The van der Waals surface area contributed by atoms with Gasteiger partial charge in [-0.3, -0.25) is 0 Å². The summed E-state index contributed by atoms with van der Waals surface area (Å²) in [5, 5.41) is 17.9. The van der Waals surface area contributed by atoms with Crippen LogP contribution in [0.3, 0.4) is 0 Å². The molecule has 0 heterocycles. The molecular weight excluding hydrogens is 433 g/mol. The Morgan fingerprint density at radius 3 is 1.79 bits per heavy atom. The summed E-state index contributed by atoms with van der Waals surface area (Å²) in [5.74, 6) is 0.337. The molecule has 2 saturated carbocycles. The van der Waals surface area contributed by atoms with Gasteiger partial charge in [-0.2, -0.15) is 0 Å². The lowest BCUT2D eigenvalue weighted by molar-refractivity contribution is 0.300. The van der Waals surface area contributed by atoms with Gasteiger partial charge in [-0.05, 0) is 78.0 Å². The average molecular weight is 457 g/mol. The minimum absolute atomic E-state index is 0.0805. The van der Waals surface area contributed by atoms with Gasteiger partial charge < -0.3 is 19.5 Å². The van der Waals surface area contributed by atoms with E-state index < -0.39 is 12.9 Å². The van der Waals surface area contributed by atoms with Gasteiger partial charge in [0, 0.05) is 5.46 Å². The summed E-state index contributed by atoms with van der Waals surface area (Å²) in [6.45, 7) is 4.00. The van der Waals surface area contributed by atoms with E-state index in [0.717, 1.165) is 37.5 Å². The quantitative estimate of drug-likeness (QED) is 0.662. The van der Waals surface area contributed by atoms with E-state index in [1.807, 2.05) is 13.8 Å². The van der Waals surface area contributed by atoms with Crippen molar-refractivity contribution in [3.63, 3.8) is 0 Å². The first-order valence-corrected chi connectivity index (χ1v) is 10.2. The van der Waals surface area contributed by atoms with Gasteiger partial charge >= 0.3 is 7.12 Å². The minimum Gasteiger partial charge on any atom is -0.491 e. The predicted molar refractivity (Wildman–Crippen MR) is 109 cm³/mol. The fourth-order valence-electron chi connectivity index (χ4n) is 2.13. The number of ether oxygens (including phenoxy) is 2. The van der Waals surface area contributed by atoms with Crippen molar-refractivity contribution in [3.05, 3.63) is 52.5 Å². The third-order valence-electron chi connectivity index (χ3n) is 3.78. The highest BCUT2D eigenvalue weighted by Crippen LogP contribution is 2.32. The molecule has 2 aromatic rings. The van der Waals surface area contributed by atoms with Crippen LogP contribution in [0, 0.1) is 11.6 Å². The van der Waals surface area contributed by atoms with Crippen molar-refractivity contribution in [2.45, 2.75) is 51.7 Å². The molecular formula is C20H24BBrF2O4. The van der Waals surface area contributed by atoms with Crippen LogP contribution in [0.15, 0.2) is 40.9 Å². The van der Waals surface area contributed by atoms with Crippen molar-refractivity contribution in [3.8, 4) is 11.5 Å². The predicted octanol–water partition coefficient (Wildman–Crippen LogP) is 4.20. The normalized spacial score (nSPS) is 14.8. The first kappa shape index (κ1) is 22.7. The van der Waals surface area contributed by atoms with Crippen LogP contribution in [-0.2, 0) is 0 Å². The van der Waals surface area contributed by atoms with Crippen LogP contribution in [-0.4, -0.2) is 29.4 Å². The Morgan fingerprint density at radius 1 is 0.857 bits per heavy atom. The Labute approximate surface area is 172 Å². The van der Waals surface area contributed by atoms with E-state index in [0.29, 0.717) is 16.3 Å². The number of benzene rings is 2. The van der Waals surface area contributed by atoms with Crippen molar-refractivity contribution >= 4 is 28.5 Å². The van der Waals surface area contributed by atoms with Crippen LogP contribution < -0.4 is 14.9 Å². The lowest BCUT2D eigenvalue weighted by atomic mass is 9.79. The lowest BCUT2D eigenvalue weighted by Gasteiger charge is -2.09. The largest absolute Gasteiger partial charge is 0.492 e. The number of hydrogen-bond donors (Lipinski definition) is 2. The summed E-state index contributed by atoms with van der Waals surface area (Å²) in [7, 11) is -1.69. The van der Waals surface area contributed by atoms with Crippen molar-refractivity contribution in [1.82, 2.24) is 0 Å². The summed E-state index contributed by atoms with van der Waals surface area (Å²) >= 11 is 3.24. The molecule has 152 valence electrons. The summed E-state index contributed by atoms with van der Waals surface area (Å²) in [5.41, 5.74) is 0.0805. The average Bonchev–Trinajstić information content (AvgIpc) is 3.58. The van der Waals surface area contributed by atoms with E-state index in [1.54, 1.807) is 6.07 Å². The van der Waals surface area contributed by atoms with Gasteiger partial charge in [0.05, 0.1) is 16.7 Å². The first-order valence-electron chi connectivity index (χ1n) is 9.36. The van der Waals surface area contributed by atoms with Crippen molar-refractivity contribution < 1.29 is 28.3 Å². The van der Waals surface area contributed by atoms with Crippen molar-refractivity contribution in [2.24, 2.45) is 0 Å². The van der Waals surface area contributed by atoms with E-state index in [9.17, 15) is 8.78 Å². The SMILES string of the molecule is CC.Fc1ccc(OC2CC2)c(Br)c1.OB(O)c1cc(F)ccc1OC1CC1. The molecule has 0 unspecified atom stereocenters. The maximum Gasteiger partial charge on any atom is 0.492 e. The van der Waals surface area contributed by atoms with Crippen LogP contribution in [0.4, 0.5) is 8.78 Å². The van der Waals surface area contributed by atoms with Crippen LogP contribution in [0.2, 0.25) is 0 Å². The molecule has 0 bridgehead atoms. The van der Waals surface area contributed by atoms with Gasteiger partial charge in [0.15, 0.2) is 0 Å². The molecule has 2 N–H and O–H groups in total. The Kier molecular flexibility index (Phi) is 8.73. The van der Waals surface area contributed by atoms with E-state index in [4.69, 9.17) is 19.5 Å². The molecule has 0 saturated heterocycles. The van der Waals surface area contributed by atoms with Gasteiger partial charge in [-0.1, -0.05) is 13.8 Å². The molecule has 2 aliphatic rings. The molecule has 2 fully saturated rings. The second-order valence-electron chi connectivity index (χ2n) is 6.26. The van der Waals surface area contributed by atoms with E-state index in [2.05, 4.69) is 15.9 Å². The van der Waals surface area contributed by atoms with Crippen LogP contribution in [0.25, 0.3) is 0 Å². The summed E-state index contributed by atoms with van der Waals surface area (Å²) in [4.78, 5) is 0. The molecule has 0 aromatic heterocycles. The zero-order valence-corrected chi connectivity index (χ0v) is 17.5. The molecule has 4 rings (SSSR count). The molecule has 0 spiro atoms. The lowest BCUT2D eigenvalue weighted by Crippen LogP contribution is -2.32.